The monoisotopic (exact) mass is 267 g/mol. The van der Waals surface area contributed by atoms with Crippen molar-refractivity contribution in [2.45, 2.75) is 31.9 Å². The van der Waals surface area contributed by atoms with Gasteiger partial charge in [-0.15, -0.1) is 12.4 Å². The predicted molar refractivity (Wildman–Crippen MR) is 66.5 cm³/mol. The van der Waals surface area contributed by atoms with Crippen molar-refractivity contribution in [1.29, 1.82) is 0 Å². The molecule has 0 amide bonds. The van der Waals surface area contributed by atoms with Crippen LogP contribution in [0.3, 0.4) is 0 Å². The molecule has 0 saturated heterocycles. The van der Waals surface area contributed by atoms with Crippen molar-refractivity contribution in [3.63, 3.8) is 0 Å². The van der Waals surface area contributed by atoms with Crippen molar-refractivity contribution in [1.82, 2.24) is 0 Å². The van der Waals surface area contributed by atoms with Crippen LogP contribution in [0.4, 0.5) is 4.39 Å². The minimum atomic E-state index is -0.733. The molecule has 0 aromatic heterocycles. The maximum atomic E-state index is 13.5. The summed E-state index contributed by atoms with van der Waals surface area (Å²) in [5.74, 6) is -0.540. The third kappa shape index (κ3) is 3.59. The maximum Gasteiger partial charge on any atom is 0.146 e. The molecular formula is C11H16Cl2FNO. The topological polar surface area (TPSA) is 46.2 Å². The molecular weight excluding hydrogens is 252 g/mol. The van der Waals surface area contributed by atoms with Gasteiger partial charge in [-0.3, -0.25) is 0 Å². The highest BCUT2D eigenvalue weighted by Crippen LogP contribution is 2.25. The van der Waals surface area contributed by atoms with Crippen molar-refractivity contribution in [2.75, 3.05) is 0 Å². The van der Waals surface area contributed by atoms with E-state index in [0.717, 1.165) is 6.42 Å². The molecule has 0 fully saturated rings. The van der Waals surface area contributed by atoms with E-state index in [0.29, 0.717) is 6.42 Å². The van der Waals surface area contributed by atoms with Crippen molar-refractivity contribution < 1.29 is 9.50 Å². The van der Waals surface area contributed by atoms with Gasteiger partial charge in [0, 0.05) is 5.56 Å². The highest BCUT2D eigenvalue weighted by molar-refractivity contribution is 6.30. The molecule has 0 bridgehead atoms. The first-order valence-electron chi connectivity index (χ1n) is 4.95. The fourth-order valence-corrected chi connectivity index (χ4v) is 1.64. The van der Waals surface area contributed by atoms with Gasteiger partial charge in [-0.25, -0.2) is 4.39 Å². The Balaban J connectivity index is 0.00000225. The zero-order valence-electron chi connectivity index (χ0n) is 8.99. The summed E-state index contributed by atoms with van der Waals surface area (Å²) >= 11 is 5.63. The van der Waals surface area contributed by atoms with E-state index in [1.54, 1.807) is 12.1 Å². The Morgan fingerprint density at radius 2 is 2.12 bits per heavy atom. The van der Waals surface area contributed by atoms with E-state index in [2.05, 4.69) is 0 Å². The summed E-state index contributed by atoms with van der Waals surface area (Å²) in [6.45, 7) is 1.93. The van der Waals surface area contributed by atoms with Crippen molar-refractivity contribution in [3.8, 4) is 0 Å². The largest absolute Gasteiger partial charge is 0.391 e. The van der Waals surface area contributed by atoms with Crippen LogP contribution in [0.25, 0.3) is 0 Å². The van der Waals surface area contributed by atoms with E-state index in [9.17, 15) is 9.50 Å². The number of aliphatic hydroxyl groups is 1. The van der Waals surface area contributed by atoms with Gasteiger partial charge in [0.25, 0.3) is 0 Å². The number of hydrogen-bond donors (Lipinski definition) is 2. The Bertz CT molecular complexity index is 336. The average Bonchev–Trinajstić information content (AvgIpc) is 2.21. The van der Waals surface area contributed by atoms with E-state index in [4.69, 9.17) is 17.3 Å². The average molecular weight is 268 g/mol. The molecule has 0 spiro atoms. The van der Waals surface area contributed by atoms with Crippen LogP contribution in [0.2, 0.25) is 5.02 Å². The van der Waals surface area contributed by atoms with Crippen LogP contribution >= 0.6 is 24.0 Å². The predicted octanol–water partition coefficient (Wildman–Crippen LogP) is 3.06. The summed E-state index contributed by atoms with van der Waals surface area (Å²) in [6.07, 6.45) is 0.618. The van der Waals surface area contributed by atoms with Crippen LogP contribution in [0.15, 0.2) is 18.2 Å². The van der Waals surface area contributed by atoms with E-state index in [1.807, 2.05) is 6.92 Å². The Hall–Kier alpha value is -0.350. The summed E-state index contributed by atoms with van der Waals surface area (Å²) < 4.78 is 13.5. The Labute approximate surface area is 106 Å². The van der Waals surface area contributed by atoms with E-state index >= 15 is 0 Å². The van der Waals surface area contributed by atoms with Crippen molar-refractivity contribution >= 4 is 24.0 Å². The Morgan fingerprint density at radius 3 is 2.69 bits per heavy atom. The minimum absolute atomic E-state index is 0. The number of hydrogen-bond acceptors (Lipinski definition) is 2. The molecule has 0 aliphatic carbocycles. The standard InChI is InChI=1S/C11H15ClFNO.ClH/c1-2-4-9(15)11(14)7-5-3-6-8(12)10(7)13;/h3,5-6,9,11,15H,2,4,14H2,1H3;1H/t9-,11+;/m0./s1. The fourth-order valence-electron chi connectivity index (χ4n) is 1.46. The van der Waals surface area contributed by atoms with Gasteiger partial charge in [-0.05, 0) is 12.5 Å². The fraction of sp³-hybridized carbons (Fsp3) is 0.455. The highest BCUT2D eigenvalue weighted by Gasteiger charge is 2.20. The van der Waals surface area contributed by atoms with Gasteiger partial charge >= 0.3 is 0 Å². The quantitative estimate of drug-likeness (QED) is 0.881. The minimum Gasteiger partial charge on any atom is -0.391 e. The second-order valence-electron chi connectivity index (χ2n) is 3.52. The Morgan fingerprint density at radius 1 is 1.50 bits per heavy atom. The molecule has 2 nitrogen and oxygen atoms in total. The first-order valence-corrected chi connectivity index (χ1v) is 5.33. The van der Waals surface area contributed by atoms with Crippen LogP contribution < -0.4 is 5.73 Å². The summed E-state index contributed by atoms with van der Waals surface area (Å²) in [4.78, 5) is 0. The first-order chi connectivity index (χ1) is 7.07. The summed E-state index contributed by atoms with van der Waals surface area (Å²) in [7, 11) is 0. The lowest BCUT2D eigenvalue weighted by Gasteiger charge is -2.19. The van der Waals surface area contributed by atoms with E-state index < -0.39 is 18.0 Å². The molecule has 0 aliphatic heterocycles. The zero-order valence-corrected chi connectivity index (χ0v) is 10.6. The molecule has 92 valence electrons. The van der Waals surface area contributed by atoms with Gasteiger partial charge in [0.1, 0.15) is 5.82 Å². The van der Waals surface area contributed by atoms with Crippen LogP contribution in [0, 0.1) is 5.82 Å². The molecule has 3 N–H and O–H groups in total. The van der Waals surface area contributed by atoms with Crippen LogP contribution in [-0.2, 0) is 0 Å². The van der Waals surface area contributed by atoms with Gasteiger partial charge < -0.3 is 10.8 Å². The van der Waals surface area contributed by atoms with Crippen LogP contribution in [0.1, 0.15) is 31.4 Å². The molecule has 0 unspecified atom stereocenters. The SMILES string of the molecule is CCC[C@H](O)[C@H](N)c1cccc(Cl)c1F.Cl. The molecule has 5 heteroatoms. The molecule has 0 saturated carbocycles. The number of nitrogens with two attached hydrogens (primary N) is 1. The zero-order chi connectivity index (χ0) is 11.4. The van der Waals surface area contributed by atoms with Crippen LogP contribution in [-0.4, -0.2) is 11.2 Å². The smallest absolute Gasteiger partial charge is 0.146 e. The lowest BCUT2D eigenvalue weighted by atomic mass is 9.99. The number of rotatable bonds is 4. The normalized spacial score (nSPS) is 14.1. The third-order valence-corrected chi connectivity index (χ3v) is 2.63. The van der Waals surface area contributed by atoms with Crippen molar-refractivity contribution in [2.24, 2.45) is 5.73 Å². The van der Waals surface area contributed by atoms with Gasteiger partial charge in [0.15, 0.2) is 0 Å². The molecule has 16 heavy (non-hydrogen) atoms. The third-order valence-electron chi connectivity index (χ3n) is 2.34. The van der Waals surface area contributed by atoms with Gasteiger partial charge in [0.2, 0.25) is 0 Å². The first kappa shape index (κ1) is 15.7. The lowest BCUT2D eigenvalue weighted by molar-refractivity contribution is 0.133. The van der Waals surface area contributed by atoms with Gasteiger partial charge in [0.05, 0.1) is 17.2 Å². The molecule has 1 aromatic carbocycles. The lowest BCUT2D eigenvalue weighted by Crippen LogP contribution is -2.26. The summed E-state index contributed by atoms with van der Waals surface area (Å²) in [5, 5.41) is 9.69. The number of aliphatic hydroxyl groups excluding tert-OH is 1. The second-order valence-corrected chi connectivity index (χ2v) is 3.93. The molecule has 0 heterocycles. The maximum absolute atomic E-state index is 13.5. The molecule has 0 aliphatic rings. The van der Waals surface area contributed by atoms with E-state index in [-0.39, 0.29) is 23.0 Å². The van der Waals surface area contributed by atoms with Gasteiger partial charge in [-0.2, -0.15) is 0 Å². The van der Waals surface area contributed by atoms with Crippen molar-refractivity contribution in [3.05, 3.63) is 34.6 Å². The summed E-state index contributed by atoms with van der Waals surface area (Å²) in [6, 6.07) is 3.91. The second kappa shape index (κ2) is 7.07. The highest BCUT2D eigenvalue weighted by atomic mass is 35.5. The molecule has 1 aromatic rings. The van der Waals surface area contributed by atoms with E-state index in [1.165, 1.54) is 6.07 Å². The number of benzene rings is 1. The molecule has 0 radical (unpaired) electrons. The van der Waals surface area contributed by atoms with Gasteiger partial charge in [-0.1, -0.05) is 37.1 Å². The Kier molecular flexibility index (Phi) is 6.91. The molecule has 1 rings (SSSR count). The summed E-state index contributed by atoms with van der Waals surface area (Å²) in [5.41, 5.74) is 6.01. The van der Waals surface area contributed by atoms with Crippen LogP contribution in [0.5, 0.6) is 0 Å². The number of halogens is 3. The molecule has 2 atom stereocenters.